The molecular formula is C15H22FN3O. The molecule has 20 heavy (non-hydrogen) atoms. The molecule has 4 nitrogen and oxygen atoms in total. The average molecular weight is 279 g/mol. The Hall–Kier alpha value is -1.62. The monoisotopic (exact) mass is 279 g/mol. The molecule has 5 heteroatoms. The molecule has 1 saturated carbocycles. The van der Waals surface area contributed by atoms with Gasteiger partial charge in [0.05, 0.1) is 5.56 Å². The first-order chi connectivity index (χ1) is 9.58. The predicted octanol–water partition coefficient (Wildman–Crippen LogP) is 2.01. The Labute approximate surface area is 119 Å². The normalized spacial score (nSPS) is 15.8. The van der Waals surface area contributed by atoms with E-state index < -0.39 is 5.82 Å². The van der Waals surface area contributed by atoms with E-state index in [2.05, 4.69) is 17.3 Å². The SMILES string of the molecule is CN(CCNC(=O)c1cc(F)ccc1N)C1CCCC1. The largest absolute Gasteiger partial charge is 0.398 e. The number of nitrogens with zero attached hydrogens (tertiary/aromatic N) is 1. The number of carbonyl (C=O) groups is 1. The Bertz CT molecular complexity index is 472. The number of hydrogen-bond donors (Lipinski definition) is 2. The summed E-state index contributed by atoms with van der Waals surface area (Å²) < 4.78 is 13.1. The number of amides is 1. The smallest absolute Gasteiger partial charge is 0.253 e. The molecular weight excluding hydrogens is 257 g/mol. The van der Waals surface area contributed by atoms with Gasteiger partial charge in [0.1, 0.15) is 5.82 Å². The zero-order valence-electron chi connectivity index (χ0n) is 11.9. The fraction of sp³-hybridized carbons (Fsp3) is 0.533. The number of anilines is 1. The molecule has 0 aliphatic heterocycles. The minimum absolute atomic E-state index is 0.202. The lowest BCUT2D eigenvalue weighted by Crippen LogP contribution is -2.37. The van der Waals surface area contributed by atoms with Gasteiger partial charge in [0.2, 0.25) is 0 Å². The van der Waals surface area contributed by atoms with Gasteiger partial charge < -0.3 is 16.0 Å². The molecule has 1 fully saturated rings. The molecule has 1 aliphatic carbocycles. The summed E-state index contributed by atoms with van der Waals surface area (Å²) in [7, 11) is 2.08. The van der Waals surface area contributed by atoms with Gasteiger partial charge in [-0.05, 0) is 38.1 Å². The van der Waals surface area contributed by atoms with Crippen molar-refractivity contribution in [1.29, 1.82) is 0 Å². The number of halogens is 1. The van der Waals surface area contributed by atoms with Gasteiger partial charge in [-0.3, -0.25) is 4.79 Å². The van der Waals surface area contributed by atoms with Crippen LogP contribution in [0.15, 0.2) is 18.2 Å². The van der Waals surface area contributed by atoms with E-state index in [1.165, 1.54) is 43.9 Å². The molecule has 0 radical (unpaired) electrons. The highest BCUT2D eigenvalue weighted by Gasteiger charge is 2.19. The fourth-order valence-electron chi connectivity index (χ4n) is 2.69. The predicted molar refractivity (Wildman–Crippen MR) is 78.0 cm³/mol. The number of nitrogens with two attached hydrogens (primary N) is 1. The topological polar surface area (TPSA) is 58.4 Å². The zero-order chi connectivity index (χ0) is 14.5. The van der Waals surface area contributed by atoms with E-state index in [4.69, 9.17) is 5.73 Å². The number of benzene rings is 1. The second kappa shape index (κ2) is 6.70. The van der Waals surface area contributed by atoms with Crippen molar-refractivity contribution in [2.24, 2.45) is 0 Å². The van der Waals surface area contributed by atoms with Crippen LogP contribution in [0.4, 0.5) is 10.1 Å². The molecule has 0 saturated heterocycles. The minimum atomic E-state index is -0.451. The summed E-state index contributed by atoms with van der Waals surface area (Å²) in [6.07, 6.45) is 5.06. The van der Waals surface area contributed by atoms with Crippen LogP contribution < -0.4 is 11.1 Å². The Balaban J connectivity index is 1.81. The lowest BCUT2D eigenvalue weighted by atomic mass is 10.1. The average Bonchev–Trinajstić information content (AvgIpc) is 2.95. The highest BCUT2D eigenvalue weighted by atomic mass is 19.1. The number of nitrogen functional groups attached to an aromatic ring is 1. The van der Waals surface area contributed by atoms with Crippen molar-refractivity contribution < 1.29 is 9.18 Å². The van der Waals surface area contributed by atoms with Crippen molar-refractivity contribution in [3.05, 3.63) is 29.6 Å². The molecule has 0 atom stereocenters. The number of hydrogen-bond acceptors (Lipinski definition) is 3. The molecule has 0 aromatic heterocycles. The molecule has 0 unspecified atom stereocenters. The number of rotatable bonds is 5. The summed E-state index contributed by atoms with van der Waals surface area (Å²) in [5, 5.41) is 2.79. The van der Waals surface area contributed by atoms with Gasteiger partial charge >= 0.3 is 0 Å². The van der Waals surface area contributed by atoms with Crippen molar-refractivity contribution >= 4 is 11.6 Å². The lowest BCUT2D eigenvalue weighted by molar-refractivity contribution is 0.0947. The molecule has 1 aromatic carbocycles. The zero-order valence-corrected chi connectivity index (χ0v) is 11.9. The quantitative estimate of drug-likeness (QED) is 0.811. The van der Waals surface area contributed by atoms with Crippen LogP contribution in [0.25, 0.3) is 0 Å². The van der Waals surface area contributed by atoms with Gasteiger partial charge in [-0.2, -0.15) is 0 Å². The third-order valence-electron chi connectivity index (χ3n) is 3.96. The maximum absolute atomic E-state index is 13.1. The van der Waals surface area contributed by atoms with Crippen LogP contribution >= 0.6 is 0 Å². The lowest BCUT2D eigenvalue weighted by Gasteiger charge is -2.23. The third kappa shape index (κ3) is 3.70. The second-order valence-corrected chi connectivity index (χ2v) is 5.41. The fourth-order valence-corrected chi connectivity index (χ4v) is 2.69. The van der Waals surface area contributed by atoms with Gasteiger partial charge in [-0.25, -0.2) is 4.39 Å². The van der Waals surface area contributed by atoms with Crippen molar-refractivity contribution in [3.8, 4) is 0 Å². The summed E-state index contributed by atoms with van der Waals surface area (Å²) >= 11 is 0. The van der Waals surface area contributed by atoms with Crippen LogP contribution in [0, 0.1) is 5.82 Å². The van der Waals surface area contributed by atoms with Crippen LogP contribution in [0.3, 0.4) is 0 Å². The molecule has 0 bridgehead atoms. The molecule has 2 rings (SSSR count). The van der Waals surface area contributed by atoms with Gasteiger partial charge in [0.15, 0.2) is 0 Å². The van der Waals surface area contributed by atoms with E-state index in [1.807, 2.05) is 0 Å². The summed E-state index contributed by atoms with van der Waals surface area (Å²) in [6, 6.07) is 4.46. The first kappa shape index (κ1) is 14.8. The van der Waals surface area contributed by atoms with Crippen molar-refractivity contribution in [1.82, 2.24) is 10.2 Å². The van der Waals surface area contributed by atoms with Gasteiger partial charge in [0.25, 0.3) is 5.91 Å². The molecule has 3 N–H and O–H groups in total. The van der Waals surface area contributed by atoms with E-state index in [0.29, 0.717) is 18.3 Å². The highest BCUT2D eigenvalue weighted by Crippen LogP contribution is 2.21. The molecule has 0 heterocycles. The Morgan fingerprint density at radius 3 is 2.85 bits per heavy atom. The van der Waals surface area contributed by atoms with Gasteiger partial charge in [0, 0.05) is 24.8 Å². The van der Waals surface area contributed by atoms with Gasteiger partial charge in [-0.1, -0.05) is 12.8 Å². The van der Waals surface area contributed by atoms with Crippen LogP contribution in [-0.2, 0) is 0 Å². The van der Waals surface area contributed by atoms with Crippen molar-refractivity contribution in [2.75, 3.05) is 25.9 Å². The second-order valence-electron chi connectivity index (χ2n) is 5.41. The van der Waals surface area contributed by atoms with Crippen LogP contribution in [0.2, 0.25) is 0 Å². The van der Waals surface area contributed by atoms with Crippen molar-refractivity contribution in [2.45, 2.75) is 31.7 Å². The van der Waals surface area contributed by atoms with Gasteiger partial charge in [-0.15, -0.1) is 0 Å². The maximum atomic E-state index is 13.1. The van der Waals surface area contributed by atoms with E-state index in [1.54, 1.807) is 0 Å². The maximum Gasteiger partial charge on any atom is 0.253 e. The minimum Gasteiger partial charge on any atom is -0.398 e. The molecule has 1 amide bonds. The molecule has 110 valence electrons. The Kier molecular flexibility index (Phi) is 4.95. The van der Waals surface area contributed by atoms with Crippen LogP contribution in [0.5, 0.6) is 0 Å². The summed E-state index contributed by atoms with van der Waals surface area (Å²) in [5.41, 5.74) is 6.18. The number of nitrogens with one attached hydrogen (secondary N) is 1. The summed E-state index contributed by atoms with van der Waals surface area (Å²) in [6.45, 7) is 1.34. The first-order valence-electron chi connectivity index (χ1n) is 7.11. The summed E-state index contributed by atoms with van der Waals surface area (Å²) in [4.78, 5) is 14.2. The summed E-state index contributed by atoms with van der Waals surface area (Å²) in [5.74, 6) is -0.769. The standard InChI is InChI=1S/C15H22FN3O/c1-19(12-4-2-3-5-12)9-8-18-15(20)13-10-11(16)6-7-14(13)17/h6-7,10,12H,2-5,8-9,17H2,1H3,(H,18,20). The van der Waals surface area contributed by atoms with E-state index in [9.17, 15) is 9.18 Å². The Morgan fingerprint density at radius 2 is 2.15 bits per heavy atom. The van der Waals surface area contributed by atoms with Crippen molar-refractivity contribution in [3.63, 3.8) is 0 Å². The van der Waals surface area contributed by atoms with Crippen LogP contribution in [-0.4, -0.2) is 37.0 Å². The first-order valence-corrected chi connectivity index (χ1v) is 7.11. The third-order valence-corrected chi connectivity index (χ3v) is 3.96. The molecule has 1 aliphatic rings. The van der Waals surface area contributed by atoms with E-state index in [0.717, 1.165) is 6.54 Å². The number of carbonyl (C=O) groups excluding carboxylic acids is 1. The van der Waals surface area contributed by atoms with E-state index >= 15 is 0 Å². The van der Waals surface area contributed by atoms with Crippen LogP contribution in [0.1, 0.15) is 36.0 Å². The molecule has 1 aromatic rings. The van der Waals surface area contributed by atoms with E-state index in [-0.39, 0.29) is 11.5 Å². The highest BCUT2D eigenvalue weighted by molar-refractivity contribution is 5.99. The Morgan fingerprint density at radius 1 is 1.45 bits per heavy atom. The number of likely N-dealkylation sites (N-methyl/N-ethyl adjacent to an activating group) is 1. The molecule has 0 spiro atoms.